The summed E-state index contributed by atoms with van der Waals surface area (Å²) < 4.78 is 27.6. The van der Waals surface area contributed by atoms with Crippen LogP contribution in [0.1, 0.15) is 45.4 Å². The first-order valence-corrected chi connectivity index (χ1v) is 9.46. The van der Waals surface area contributed by atoms with E-state index in [9.17, 15) is 8.42 Å². The van der Waals surface area contributed by atoms with Gasteiger partial charge in [-0.15, -0.1) is 0 Å². The molecule has 0 unspecified atom stereocenters. The number of fused-ring (bicyclic) bond motifs is 1. The molecule has 0 aliphatic heterocycles. The first-order valence-electron chi connectivity index (χ1n) is 7.97. The molecule has 120 valence electrons. The molecule has 1 aromatic heterocycles. The second-order valence-corrected chi connectivity index (χ2v) is 7.25. The fourth-order valence-corrected chi connectivity index (χ4v) is 3.82. The fourth-order valence-electron chi connectivity index (χ4n) is 2.52. The zero-order chi connectivity index (χ0) is 15.8. The molecule has 22 heavy (non-hydrogen) atoms. The van der Waals surface area contributed by atoms with Crippen molar-refractivity contribution in [2.75, 3.05) is 6.54 Å². The monoisotopic (exact) mass is 320 g/mol. The molecule has 0 atom stereocenters. The van der Waals surface area contributed by atoms with Crippen molar-refractivity contribution < 1.29 is 8.42 Å². The van der Waals surface area contributed by atoms with Gasteiger partial charge in [0.15, 0.2) is 0 Å². The standard InChI is InChI=1S/C17H24N2O2S/c1-2-3-4-5-6-7-12-19-22(20,21)17-10-8-9-15-14-18-13-11-16(15)17/h8-11,13-14,19H,2-7,12H2,1H3. The molecule has 1 N–H and O–H groups in total. The van der Waals surface area contributed by atoms with Gasteiger partial charge in [-0.2, -0.15) is 0 Å². The minimum absolute atomic E-state index is 0.332. The molecule has 0 radical (unpaired) electrons. The normalized spacial score (nSPS) is 11.9. The minimum atomic E-state index is -3.46. The lowest BCUT2D eigenvalue weighted by molar-refractivity contribution is 0.568. The molecular formula is C17H24N2O2S. The zero-order valence-corrected chi connectivity index (χ0v) is 13.9. The van der Waals surface area contributed by atoms with Gasteiger partial charge in [0.1, 0.15) is 0 Å². The van der Waals surface area contributed by atoms with E-state index in [1.165, 1.54) is 25.7 Å². The van der Waals surface area contributed by atoms with Gasteiger partial charge in [0.05, 0.1) is 4.90 Å². The maximum atomic E-state index is 12.4. The van der Waals surface area contributed by atoms with Crippen molar-refractivity contribution in [3.63, 3.8) is 0 Å². The van der Waals surface area contributed by atoms with Crippen LogP contribution in [-0.4, -0.2) is 19.9 Å². The molecule has 0 aliphatic carbocycles. The first kappa shape index (κ1) is 16.9. The van der Waals surface area contributed by atoms with Crippen LogP contribution in [0.2, 0.25) is 0 Å². The van der Waals surface area contributed by atoms with Crippen LogP contribution in [0.4, 0.5) is 0 Å². The molecule has 0 fully saturated rings. The smallest absolute Gasteiger partial charge is 0.241 e. The quantitative estimate of drug-likeness (QED) is 0.713. The zero-order valence-electron chi connectivity index (χ0n) is 13.1. The number of sulfonamides is 1. The van der Waals surface area contributed by atoms with E-state index >= 15 is 0 Å². The summed E-state index contributed by atoms with van der Waals surface area (Å²) in [6.45, 7) is 2.68. The molecule has 2 aromatic rings. The van der Waals surface area contributed by atoms with E-state index in [2.05, 4.69) is 16.6 Å². The molecule has 1 heterocycles. The summed E-state index contributed by atoms with van der Waals surface area (Å²) in [5.41, 5.74) is 0. The SMILES string of the molecule is CCCCCCCCNS(=O)(=O)c1cccc2cnccc12. The molecule has 1 aromatic carbocycles. The van der Waals surface area contributed by atoms with Crippen molar-refractivity contribution in [3.8, 4) is 0 Å². The van der Waals surface area contributed by atoms with E-state index in [1.807, 2.05) is 6.07 Å². The molecule has 4 nitrogen and oxygen atoms in total. The molecule has 0 saturated heterocycles. The average molecular weight is 320 g/mol. The summed E-state index contributed by atoms with van der Waals surface area (Å²) in [6, 6.07) is 7.01. The number of benzene rings is 1. The van der Waals surface area contributed by atoms with Crippen molar-refractivity contribution in [1.82, 2.24) is 9.71 Å². The summed E-state index contributed by atoms with van der Waals surface area (Å²) in [5.74, 6) is 0. The van der Waals surface area contributed by atoms with Crippen LogP contribution in [0.15, 0.2) is 41.6 Å². The molecule has 5 heteroatoms. The molecule has 0 spiro atoms. The van der Waals surface area contributed by atoms with Crippen LogP contribution < -0.4 is 4.72 Å². The predicted molar refractivity (Wildman–Crippen MR) is 90.3 cm³/mol. The van der Waals surface area contributed by atoms with Gasteiger partial charge in [-0.05, 0) is 18.6 Å². The third kappa shape index (κ3) is 4.52. The van der Waals surface area contributed by atoms with Crippen LogP contribution in [-0.2, 0) is 10.0 Å². The highest BCUT2D eigenvalue weighted by Gasteiger charge is 2.16. The van der Waals surface area contributed by atoms with E-state index in [1.54, 1.807) is 30.6 Å². The molecule has 0 bridgehead atoms. The van der Waals surface area contributed by atoms with Gasteiger partial charge in [0, 0.05) is 29.7 Å². The van der Waals surface area contributed by atoms with E-state index in [-0.39, 0.29) is 0 Å². The second-order valence-electron chi connectivity index (χ2n) is 5.52. The number of nitrogens with one attached hydrogen (secondary N) is 1. The highest BCUT2D eigenvalue weighted by atomic mass is 32.2. The van der Waals surface area contributed by atoms with Gasteiger partial charge >= 0.3 is 0 Å². The molecule has 0 aliphatic rings. The van der Waals surface area contributed by atoms with Gasteiger partial charge in [0.25, 0.3) is 0 Å². The summed E-state index contributed by atoms with van der Waals surface area (Å²) in [5, 5.41) is 1.55. The maximum absolute atomic E-state index is 12.4. The molecule has 0 amide bonds. The lowest BCUT2D eigenvalue weighted by Gasteiger charge is -2.09. The Balaban J connectivity index is 1.95. The first-order chi connectivity index (χ1) is 10.6. The van der Waals surface area contributed by atoms with Crippen LogP contribution in [0, 0.1) is 0 Å². The Hall–Kier alpha value is -1.46. The Morgan fingerprint density at radius 1 is 1.05 bits per heavy atom. The van der Waals surface area contributed by atoms with Crippen LogP contribution in [0.3, 0.4) is 0 Å². The Kier molecular flexibility index (Phi) is 6.34. The van der Waals surface area contributed by atoms with Crippen molar-refractivity contribution in [3.05, 3.63) is 36.7 Å². The minimum Gasteiger partial charge on any atom is -0.264 e. The Morgan fingerprint density at radius 2 is 1.82 bits per heavy atom. The highest BCUT2D eigenvalue weighted by molar-refractivity contribution is 7.89. The van der Waals surface area contributed by atoms with E-state index < -0.39 is 10.0 Å². The number of pyridine rings is 1. The fraction of sp³-hybridized carbons (Fsp3) is 0.471. The van der Waals surface area contributed by atoms with Crippen molar-refractivity contribution in [2.24, 2.45) is 0 Å². The van der Waals surface area contributed by atoms with Crippen LogP contribution >= 0.6 is 0 Å². The highest BCUT2D eigenvalue weighted by Crippen LogP contribution is 2.21. The van der Waals surface area contributed by atoms with Gasteiger partial charge in [-0.1, -0.05) is 51.2 Å². The van der Waals surface area contributed by atoms with Crippen LogP contribution in [0.5, 0.6) is 0 Å². The number of nitrogens with zero attached hydrogens (tertiary/aromatic N) is 1. The van der Waals surface area contributed by atoms with Crippen LogP contribution in [0.25, 0.3) is 10.8 Å². The van der Waals surface area contributed by atoms with Crippen molar-refractivity contribution in [2.45, 2.75) is 50.3 Å². The topological polar surface area (TPSA) is 59.1 Å². The van der Waals surface area contributed by atoms with Gasteiger partial charge in [-0.25, -0.2) is 13.1 Å². The molecule has 2 rings (SSSR count). The number of hydrogen-bond donors (Lipinski definition) is 1. The van der Waals surface area contributed by atoms with Crippen molar-refractivity contribution in [1.29, 1.82) is 0 Å². The van der Waals surface area contributed by atoms with E-state index in [4.69, 9.17) is 0 Å². The summed E-state index contributed by atoms with van der Waals surface area (Å²) in [6.07, 6.45) is 10.2. The average Bonchev–Trinajstić information content (AvgIpc) is 2.53. The van der Waals surface area contributed by atoms with Gasteiger partial charge < -0.3 is 0 Å². The Labute approximate surface area is 133 Å². The lowest BCUT2D eigenvalue weighted by Crippen LogP contribution is -2.25. The Bertz CT molecular complexity index is 693. The molecule has 0 saturated carbocycles. The number of unbranched alkanes of at least 4 members (excludes halogenated alkanes) is 5. The molecular weight excluding hydrogens is 296 g/mol. The lowest BCUT2D eigenvalue weighted by atomic mass is 10.1. The Morgan fingerprint density at radius 3 is 2.64 bits per heavy atom. The second kappa shape index (κ2) is 8.25. The third-order valence-electron chi connectivity index (χ3n) is 3.75. The number of rotatable bonds is 9. The number of aromatic nitrogens is 1. The maximum Gasteiger partial charge on any atom is 0.241 e. The van der Waals surface area contributed by atoms with E-state index in [0.717, 1.165) is 18.2 Å². The number of hydrogen-bond acceptors (Lipinski definition) is 3. The third-order valence-corrected chi connectivity index (χ3v) is 5.27. The summed E-state index contributed by atoms with van der Waals surface area (Å²) >= 11 is 0. The summed E-state index contributed by atoms with van der Waals surface area (Å²) in [4.78, 5) is 4.36. The van der Waals surface area contributed by atoms with E-state index in [0.29, 0.717) is 16.8 Å². The van der Waals surface area contributed by atoms with Crippen molar-refractivity contribution >= 4 is 20.8 Å². The summed E-state index contributed by atoms with van der Waals surface area (Å²) in [7, 11) is -3.46. The van der Waals surface area contributed by atoms with Gasteiger partial charge in [0.2, 0.25) is 10.0 Å². The largest absolute Gasteiger partial charge is 0.264 e. The predicted octanol–water partition coefficient (Wildman–Crippen LogP) is 3.87. The van der Waals surface area contributed by atoms with Gasteiger partial charge in [-0.3, -0.25) is 4.98 Å².